The zero-order chi connectivity index (χ0) is 15.6. The molecule has 2 aromatic rings. The lowest BCUT2D eigenvalue weighted by Gasteiger charge is -2.11. The summed E-state index contributed by atoms with van der Waals surface area (Å²) in [5.74, 6) is -2.52. The standard InChI is InChI=1S/C14H10ClFN2O3/c15-11-6-8(2-3-9(11)14(20)21)18-12-4-1-7(16)5-10(12)13(17)19/h1-6,18H,(H2,17,19)(H,20,21). The van der Waals surface area contributed by atoms with Crippen molar-refractivity contribution in [1.82, 2.24) is 0 Å². The summed E-state index contributed by atoms with van der Waals surface area (Å²) in [5.41, 5.74) is 5.85. The van der Waals surface area contributed by atoms with Crippen molar-refractivity contribution in [3.05, 3.63) is 58.4 Å². The lowest BCUT2D eigenvalue weighted by atomic mass is 10.1. The van der Waals surface area contributed by atoms with Gasteiger partial charge in [0.05, 0.1) is 21.8 Å². The minimum atomic E-state index is -1.15. The van der Waals surface area contributed by atoms with E-state index in [1.165, 1.54) is 30.3 Å². The van der Waals surface area contributed by atoms with Crippen LogP contribution in [0, 0.1) is 5.82 Å². The average Bonchev–Trinajstić information content (AvgIpc) is 2.40. The second kappa shape index (κ2) is 5.80. The number of nitrogens with one attached hydrogen (secondary N) is 1. The van der Waals surface area contributed by atoms with Crippen molar-refractivity contribution in [3.8, 4) is 0 Å². The SMILES string of the molecule is NC(=O)c1cc(F)ccc1Nc1ccc(C(=O)O)c(Cl)c1. The van der Waals surface area contributed by atoms with Gasteiger partial charge in [-0.2, -0.15) is 0 Å². The Bertz CT molecular complexity index is 734. The molecule has 2 aromatic carbocycles. The van der Waals surface area contributed by atoms with Crippen molar-refractivity contribution in [2.24, 2.45) is 5.73 Å². The van der Waals surface area contributed by atoms with E-state index in [0.717, 1.165) is 6.07 Å². The molecule has 0 aliphatic carbocycles. The number of hydrogen-bond donors (Lipinski definition) is 3. The number of hydrogen-bond acceptors (Lipinski definition) is 3. The summed E-state index contributed by atoms with van der Waals surface area (Å²) in [6.07, 6.45) is 0. The molecule has 0 spiro atoms. The third-order valence-electron chi connectivity index (χ3n) is 2.73. The molecular weight excluding hydrogens is 299 g/mol. The van der Waals surface area contributed by atoms with Crippen molar-refractivity contribution in [2.45, 2.75) is 0 Å². The van der Waals surface area contributed by atoms with Gasteiger partial charge in [0.1, 0.15) is 5.82 Å². The molecule has 7 heteroatoms. The fraction of sp³-hybridized carbons (Fsp3) is 0. The highest BCUT2D eigenvalue weighted by molar-refractivity contribution is 6.33. The molecule has 0 heterocycles. The van der Waals surface area contributed by atoms with Gasteiger partial charge in [0.2, 0.25) is 0 Å². The van der Waals surface area contributed by atoms with E-state index in [9.17, 15) is 14.0 Å². The number of halogens is 2. The summed E-state index contributed by atoms with van der Waals surface area (Å²) in [6.45, 7) is 0. The van der Waals surface area contributed by atoms with Crippen LogP contribution in [0.2, 0.25) is 5.02 Å². The van der Waals surface area contributed by atoms with Gasteiger partial charge in [0.15, 0.2) is 0 Å². The number of anilines is 2. The fourth-order valence-electron chi connectivity index (χ4n) is 1.75. The van der Waals surface area contributed by atoms with Crippen molar-refractivity contribution >= 4 is 34.9 Å². The monoisotopic (exact) mass is 308 g/mol. The minimum absolute atomic E-state index is 0.0200. The molecule has 0 fully saturated rings. The second-order valence-corrected chi connectivity index (χ2v) is 4.59. The summed E-state index contributed by atoms with van der Waals surface area (Å²) in [5, 5.41) is 11.8. The number of primary amides is 1. The number of nitrogens with two attached hydrogens (primary N) is 1. The van der Waals surface area contributed by atoms with Gasteiger partial charge in [-0.1, -0.05) is 11.6 Å². The molecule has 108 valence electrons. The van der Waals surface area contributed by atoms with Gasteiger partial charge in [-0.3, -0.25) is 4.79 Å². The van der Waals surface area contributed by atoms with E-state index in [-0.39, 0.29) is 16.1 Å². The zero-order valence-electron chi connectivity index (χ0n) is 10.6. The van der Waals surface area contributed by atoms with E-state index in [1.807, 2.05) is 0 Å². The van der Waals surface area contributed by atoms with Crippen LogP contribution in [0.25, 0.3) is 0 Å². The fourth-order valence-corrected chi connectivity index (χ4v) is 2.01. The van der Waals surface area contributed by atoms with Gasteiger partial charge in [0, 0.05) is 5.69 Å². The first-order chi connectivity index (χ1) is 9.88. The Morgan fingerprint density at radius 1 is 1.14 bits per heavy atom. The Balaban J connectivity index is 2.37. The molecule has 0 saturated carbocycles. The number of aromatic carboxylic acids is 1. The molecule has 0 aromatic heterocycles. The number of carboxylic acids is 1. The highest BCUT2D eigenvalue weighted by Crippen LogP contribution is 2.26. The van der Waals surface area contributed by atoms with Crippen molar-refractivity contribution in [2.75, 3.05) is 5.32 Å². The van der Waals surface area contributed by atoms with Crippen molar-refractivity contribution in [3.63, 3.8) is 0 Å². The van der Waals surface area contributed by atoms with Gasteiger partial charge in [-0.15, -0.1) is 0 Å². The summed E-state index contributed by atoms with van der Waals surface area (Å²) in [7, 11) is 0. The molecule has 0 radical (unpaired) electrons. The number of benzene rings is 2. The van der Waals surface area contributed by atoms with Crippen LogP contribution >= 0.6 is 11.6 Å². The molecule has 2 rings (SSSR count). The maximum atomic E-state index is 13.1. The Morgan fingerprint density at radius 2 is 1.86 bits per heavy atom. The molecule has 5 nitrogen and oxygen atoms in total. The Labute approximate surface area is 124 Å². The van der Waals surface area contributed by atoms with Gasteiger partial charge in [-0.25, -0.2) is 9.18 Å². The molecule has 4 N–H and O–H groups in total. The normalized spacial score (nSPS) is 10.2. The zero-order valence-corrected chi connectivity index (χ0v) is 11.3. The van der Waals surface area contributed by atoms with Crippen LogP contribution < -0.4 is 11.1 Å². The first-order valence-corrected chi connectivity index (χ1v) is 6.15. The lowest BCUT2D eigenvalue weighted by Crippen LogP contribution is -2.13. The molecular formula is C14H10ClFN2O3. The van der Waals surface area contributed by atoms with Crippen LogP contribution in [-0.4, -0.2) is 17.0 Å². The van der Waals surface area contributed by atoms with E-state index in [2.05, 4.69) is 5.32 Å². The third kappa shape index (κ3) is 3.29. The number of amides is 1. The molecule has 0 aliphatic heterocycles. The van der Waals surface area contributed by atoms with Crippen LogP contribution in [0.5, 0.6) is 0 Å². The quantitative estimate of drug-likeness (QED) is 0.809. The van der Waals surface area contributed by atoms with Gasteiger partial charge in [0.25, 0.3) is 5.91 Å². The summed E-state index contributed by atoms with van der Waals surface area (Å²) < 4.78 is 13.1. The Hall–Kier alpha value is -2.60. The summed E-state index contributed by atoms with van der Waals surface area (Å²) in [6, 6.07) is 7.72. The highest BCUT2D eigenvalue weighted by atomic mass is 35.5. The van der Waals surface area contributed by atoms with E-state index in [0.29, 0.717) is 11.4 Å². The minimum Gasteiger partial charge on any atom is -0.478 e. The van der Waals surface area contributed by atoms with E-state index >= 15 is 0 Å². The predicted octanol–water partition coefficient (Wildman–Crippen LogP) is 3.02. The van der Waals surface area contributed by atoms with Crippen LogP contribution in [0.1, 0.15) is 20.7 Å². The smallest absolute Gasteiger partial charge is 0.337 e. The number of rotatable bonds is 4. The predicted molar refractivity (Wildman–Crippen MR) is 76.6 cm³/mol. The first-order valence-electron chi connectivity index (χ1n) is 5.77. The molecule has 0 atom stereocenters. The average molecular weight is 309 g/mol. The summed E-state index contributed by atoms with van der Waals surface area (Å²) in [4.78, 5) is 22.2. The number of carbonyl (C=O) groups excluding carboxylic acids is 1. The van der Waals surface area contributed by atoms with Gasteiger partial charge >= 0.3 is 5.97 Å². The van der Waals surface area contributed by atoms with Crippen LogP contribution in [0.3, 0.4) is 0 Å². The van der Waals surface area contributed by atoms with Crippen LogP contribution in [-0.2, 0) is 0 Å². The molecule has 0 unspecified atom stereocenters. The molecule has 0 bridgehead atoms. The number of carboxylic acid groups (broad SMARTS) is 1. The van der Waals surface area contributed by atoms with Crippen molar-refractivity contribution in [1.29, 1.82) is 0 Å². The van der Waals surface area contributed by atoms with E-state index in [1.54, 1.807) is 0 Å². The molecule has 0 aliphatic rings. The van der Waals surface area contributed by atoms with Gasteiger partial charge < -0.3 is 16.2 Å². The molecule has 1 amide bonds. The first kappa shape index (κ1) is 14.8. The highest BCUT2D eigenvalue weighted by Gasteiger charge is 2.12. The topological polar surface area (TPSA) is 92.4 Å². The maximum Gasteiger partial charge on any atom is 0.337 e. The Morgan fingerprint density at radius 3 is 2.43 bits per heavy atom. The molecule has 0 saturated heterocycles. The Kier molecular flexibility index (Phi) is 4.09. The maximum absolute atomic E-state index is 13.1. The third-order valence-corrected chi connectivity index (χ3v) is 3.04. The van der Waals surface area contributed by atoms with Crippen LogP contribution in [0.15, 0.2) is 36.4 Å². The lowest BCUT2D eigenvalue weighted by molar-refractivity contribution is 0.0697. The second-order valence-electron chi connectivity index (χ2n) is 4.18. The largest absolute Gasteiger partial charge is 0.478 e. The van der Waals surface area contributed by atoms with E-state index in [4.69, 9.17) is 22.4 Å². The van der Waals surface area contributed by atoms with Gasteiger partial charge in [-0.05, 0) is 36.4 Å². The van der Waals surface area contributed by atoms with E-state index < -0.39 is 17.7 Å². The number of carbonyl (C=O) groups is 2. The molecule has 21 heavy (non-hydrogen) atoms. The van der Waals surface area contributed by atoms with Crippen LogP contribution in [0.4, 0.5) is 15.8 Å². The van der Waals surface area contributed by atoms with Crippen molar-refractivity contribution < 1.29 is 19.1 Å². The summed E-state index contributed by atoms with van der Waals surface area (Å²) >= 11 is 5.85.